The van der Waals surface area contributed by atoms with E-state index in [-0.39, 0.29) is 17.9 Å². The third kappa shape index (κ3) is 2.08. The molecule has 1 spiro atoms. The van der Waals surface area contributed by atoms with E-state index in [4.69, 9.17) is 10.7 Å². The van der Waals surface area contributed by atoms with Gasteiger partial charge in [0, 0.05) is 29.7 Å². The number of nitrogens with one attached hydrogen (secondary N) is 1. The molecule has 2 aromatic rings. The summed E-state index contributed by atoms with van der Waals surface area (Å²) in [5.74, 6) is 2.78. The van der Waals surface area contributed by atoms with Crippen molar-refractivity contribution in [3.05, 3.63) is 21.9 Å². The lowest BCUT2D eigenvalue weighted by Crippen LogP contribution is -2.63. The first-order chi connectivity index (χ1) is 13.1. The van der Waals surface area contributed by atoms with Crippen LogP contribution in [0.25, 0.3) is 5.65 Å². The van der Waals surface area contributed by atoms with E-state index >= 15 is 0 Å². The van der Waals surface area contributed by atoms with Crippen molar-refractivity contribution in [3.8, 4) is 0 Å². The van der Waals surface area contributed by atoms with Crippen LogP contribution >= 0.6 is 15.9 Å². The van der Waals surface area contributed by atoms with Crippen molar-refractivity contribution < 1.29 is 5.11 Å². The van der Waals surface area contributed by atoms with E-state index in [1.165, 1.54) is 24.1 Å². The van der Waals surface area contributed by atoms with Gasteiger partial charge in [-0.15, -0.1) is 0 Å². The molecule has 3 unspecified atom stereocenters. The minimum absolute atomic E-state index is 0.0486. The molecule has 3 fully saturated rings. The van der Waals surface area contributed by atoms with Crippen LogP contribution < -0.4 is 11.1 Å². The van der Waals surface area contributed by atoms with E-state index in [1.54, 1.807) is 0 Å². The summed E-state index contributed by atoms with van der Waals surface area (Å²) >= 11 is 3.64. The molecule has 27 heavy (non-hydrogen) atoms. The number of fused-ring (bicyclic) bond motifs is 4. The molecule has 0 radical (unpaired) electrons. The molecule has 2 heterocycles. The molecule has 6 nitrogen and oxygen atoms in total. The molecule has 0 aromatic carbocycles. The molecule has 4 aliphatic rings. The second kappa shape index (κ2) is 5.67. The highest BCUT2D eigenvalue weighted by atomic mass is 79.9. The Morgan fingerprint density at radius 2 is 2.11 bits per heavy atom. The summed E-state index contributed by atoms with van der Waals surface area (Å²) in [6, 6.07) is 0.885. The number of rotatable bonds is 3. The van der Waals surface area contributed by atoms with Crippen molar-refractivity contribution in [3.63, 3.8) is 0 Å². The number of hydrogen-bond acceptors (Lipinski definition) is 5. The molecule has 0 saturated heterocycles. The standard InChI is InChI=1S/C20H26BrN5O/c21-14-8-23-26-18(24-16-7-11-12(16)6-15(11)22)13-5-10(9-27)20(3-1-2-4-20)17(13)25-19(14)26/h8,10-12,15-16,24,27H,1-7,9,22H2/t10?,11?,12-,15-,16?/m0/s1. The van der Waals surface area contributed by atoms with Gasteiger partial charge >= 0.3 is 0 Å². The van der Waals surface area contributed by atoms with E-state index in [1.807, 2.05) is 10.7 Å². The van der Waals surface area contributed by atoms with Crippen LogP contribution in [-0.2, 0) is 11.8 Å². The van der Waals surface area contributed by atoms with Crippen molar-refractivity contribution in [2.24, 2.45) is 23.5 Å². The Hall–Kier alpha value is -1.18. The van der Waals surface area contributed by atoms with Gasteiger partial charge < -0.3 is 16.2 Å². The van der Waals surface area contributed by atoms with Gasteiger partial charge in [-0.25, -0.2) is 4.98 Å². The summed E-state index contributed by atoms with van der Waals surface area (Å²) in [5.41, 5.74) is 9.57. The zero-order chi connectivity index (χ0) is 18.3. The number of nitrogens with zero attached hydrogens (tertiary/aromatic N) is 3. The Bertz CT molecular complexity index is 921. The van der Waals surface area contributed by atoms with Gasteiger partial charge in [0.2, 0.25) is 0 Å². The molecule has 2 aromatic heterocycles. The van der Waals surface area contributed by atoms with Gasteiger partial charge in [-0.05, 0) is 65.8 Å². The van der Waals surface area contributed by atoms with Crippen molar-refractivity contribution >= 4 is 27.4 Å². The minimum atomic E-state index is 0.0486. The normalized spacial score (nSPS) is 35.7. The average Bonchev–Trinajstić information content (AvgIpc) is 3.36. The first-order valence-electron chi connectivity index (χ1n) is 10.3. The number of aliphatic hydroxyl groups excluding tert-OH is 1. The first-order valence-corrected chi connectivity index (χ1v) is 11.1. The second-order valence-electron chi connectivity index (χ2n) is 9.18. The van der Waals surface area contributed by atoms with E-state index in [0.717, 1.165) is 48.0 Å². The Labute approximate surface area is 167 Å². The van der Waals surface area contributed by atoms with Gasteiger partial charge in [-0.2, -0.15) is 9.61 Å². The third-order valence-corrected chi connectivity index (χ3v) is 8.69. The number of aromatic nitrogens is 3. The fourth-order valence-corrected chi connectivity index (χ4v) is 6.84. The minimum Gasteiger partial charge on any atom is -0.396 e. The summed E-state index contributed by atoms with van der Waals surface area (Å²) in [4.78, 5) is 5.10. The maximum atomic E-state index is 10.2. The number of anilines is 1. The van der Waals surface area contributed by atoms with E-state index in [2.05, 4.69) is 26.3 Å². The number of aliphatic hydroxyl groups is 1. The predicted molar refractivity (Wildman–Crippen MR) is 107 cm³/mol. The topological polar surface area (TPSA) is 88.5 Å². The predicted octanol–water partition coefficient (Wildman–Crippen LogP) is 2.62. The summed E-state index contributed by atoms with van der Waals surface area (Å²) < 4.78 is 2.91. The Balaban J connectivity index is 1.47. The molecule has 5 atom stereocenters. The summed E-state index contributed by atoms with van der Waals surface area (Å²) in [5, 5.41) is 18.6. The van der Waals surface area contributed by atoms with E-state index in [9.17, 15) is 5.11 Å². The van der Waals surface area contributed by atoms with Crippen LogP contribution in [-0.4, -0.2) is 38.4 Å². The lowest BCUT2D eigenvalue weighted by Gasteiger charge is -2.57. The van der Waals surface area contributed by atoms with Crippen LogP contribution in [0.15, 0.2) is 10.7 Å². The molecule has 144 valence electrons. The van der Waals surface area contributed by atoms with Crippen molar-refractivity contribution in [1.29, 1.82) is 0 Å². The fourth-order valence-electron chi connectivity index (χ4n) is 6.49. The largest absolute Gasteiger partial charge is 0.396 e. The van der Waals surface area contributed by atoms with Gasteiger partial charge in [-0.3, -0.25) is 0 Å². The van der Waals surface area contributed by atoms with Crippen LogP contribution in [0.5, 0.6) is 0 Å². The molecule has 0 bridgehead atoms. The summed E-state index contributed by atoms with van der Waals surface area (Å²) in [6.45, 7) is 0.238. The number of nitrogens with two attached hydrogens (primary N) is 1. The first kappa shape index (κ1) is 16.7. The lowest BCUT2D eigenvalue weighted by atomic mass is 9.54. The van der Waals surface area contributed by atoms with Crippen molar-refractivity contribution in [2.75, 3.05) is 11.9 Å². The highest BCUT2D eigenvalue weighted by molar-refractivity contribution is 9.10. The smallest absolute Gasteiger partial charge is 0.171 e. The van der Waals surface area contributed by atoms with E-state index in [0.29, 0.717) is 23.9 Å². The Morgan fingerprint density at radius 1 is 1.30 bits per heavy atom. The number of halogens is 1. The van der Waals surface area contributed by atoms with Crippen LogP contribution in [0.2, 0.25) is 0 Å². The molecular formula is C20H26BrN5O. The fraction of sp³-hybridized carbons (Fsp3) is 0.700. The van der Waals surface area contributed by atoms with E-state index < -0.39 is 0 Å². The Kier molecular flexibility index (Phi) is 3.52. The van der Waals surface area contributed by atoms with Crippen molar-refractivity contribution in [1.82, 2.24) is 14.6 Å². The highest BCUT2D eigenvalue weighted by Gasteiger charge is 2.54. The SMILES string of the molecule is N[C@H]1C[C@@H]2C(Nc3c4c(nc5c(Br)cnn35)C3(CCCC3)C(CO)C4)CC21. The molecule has 6 rings (SSSR count). The molecule has 3 saturated carbocycles. The zero-order valence-electron chi connectivity index (χ0n) is 15.4. The average molecular weight is 432 g/mol. The monoisotopic (exact) mass is 431 g/mol. The summed E-state index contributed by atoms with van der Waals surface area (Å²) in [7, 11) is 0. The third-order valence-electron chi connectivity index (χ3n) is 8.13. The van der Waals surface area contributed by atoms with Crippen LogP contribution in [0, 0.1) is 17.8 Å². The molecule has 4 aliphatic carbocycles. The molecule has 0 amide bonds. The second-order valence-corrected chi connectivity index (χ2v) is 10.0. The molecular weight excluding hydrogens is 406 g/mol. The number of hydrogen-bond donors (Lipinski definition) is 3. The van der Waals surface area contributed by atoms with Crippen LogP contribution in [0.4, 0.5) is 5.82 Å². The Morgan fingerprint density at radius 3 is 2.78 bits per heavy atom. The maximum absolute atomic E-state index is 10.2. The maximum Gasteiger partial charge on any atom is 0.171 e. The quantitative estimate of drug-likeness (QED) is 0.694. The van der Waals surface area contributed by atoms with Gasteiger partial charge in [0.15, 0.2) is 5.65 Å². The molecule has 0 aliphatic heterocycles. The van der Waals surface area contributed by atoms with Crippen LogP contribution in [0.3, 0.4) is 0 Å². The van der Waals surface area contributed by atoms with Gasteiger partial charge in [0.25, 0.3) is 0 Å². The van der Waals surface area contributed by atoms with Gasteiger partial charge in [0.05, 0.1) is 16.4 Å². The van der Waals surface area contributed by atoms with Gasteiger partial charge in [-0.1, -0.05) is 12.8 Å². The highest BCUT2D eigenvalue weighted by Crippen LogP contribution is 2.55. The van der Waals surface area contributed by atoms with Gasteiger partial charge in [0.1, 0.15) is 5.82 Å². The van der Waals surface area contributed by atoms with Crippen LogP contribution in [0.1, 0.15) is 49.8 Å². The zero-order valence-corrected chi connectivity index (χ0v) is 17.0. The lowest BCUT2D eigenvalue weighted by molar-refractivity contribution is 0.00915. The summed E-state index contributed by atoms with van der Waals surface area (Å²) in [6.07, 6.45) is 9.77. The molecule has 4 N–H and O–H groups in total. The molecule has 7 heteroatoms. The van der Waals surface area contributed by atoms with Crippen molar-refractivity contribution in [2.45, 2.75) is 62.4 Å².